The number of fused-ring (bicyclic) bond motifs is 8. The van der Waals surface area contributed by atoms with Gasteiger partial charge in [-0.2, -0.15) is 0 Å². The van der Waals surface area contributed by atoms with E-state index in [1.807, 2.05) is 36.4 Å². The molecule has 11 nitrogen and oxygen atoms in total. The Labute approximate surface area is 275 Å². The molecule has 9 rings (SSSR count). The zero-order valence-electron chi connectivity index (χ0n) is 26.1. The second-order valence-electron chi connectivity index (χ2n) is 13.2. The minimum atomic E-state index is -0.248. The molecular weight excluding hydrogens is 608 g/mol. The van der Waals surface area contributed by atoms with Crippen LogP contribution in [0.5, 0.6) is 0 Å². The van der Waals surface area contributed by atoms with Crippen LogP contribution in [0.2, 0.25) is 0 Å². The standard InChI is InChI=1S/C20H17N3O3.C17H17N3O2/c1-2-19(25)22-14-4-3-12-10-23(11-13(12)7-14)15-5-6-16-17(8-15)20(26)21-9-18(16)24;21-16-12-4-3-11(6-13(12)17(22)19-18-16)20-7-14-9-1-2-10(5-9)15(14)8-20/h2-8H,1,9-11H2,(H,21,26)(H,22,25);1-4,6,9-10,14-15H,5,7-8H2,(H,18,21)(H,19,22). The molecule has 3 aromatic carbocycles. The molecule has 11 heteroatoms. The average Bonchev–Trinajstić information content (AvgIpc) is 3.91. The molecule has 1 aromatic heterocycles. The van der Waals surface area contributed by atoms with Crippen molar-refractivity contribution in [2.75, 3.05) is 34.8 Å². The number of amides is 2. The predicted octanol–water partition coefficient (Wildman–Crippen LogP) is 3.73. The van der Waals surface area contributed by atoms with Crippen molar-refractivity contribution in [3.8, 4) is 0 Å². The number of H-pyrrole nitrogens is 2. The van der Waals surface area contributed by atoms with Crippen molar-refractivity contribution >= 4 is 45.4 Å². The number of anilines is 3. The summed E-state index contributed by atoms with van der Waals surface area (Å²) >= 11 is 0. The highest BCUT2D eigenvalue weighted by Gasteiger charge is 2.49. The Morgan fingerprint density at radius 3 is 2.21 bits per heavy atom. The van der Waals surface area contributed by atoms with Crippen LogP contribution in [0.3, 0.4) is 0 Å². The smallest absolute Gasteiger partial charge is 0.270 e. The van der Waals surface area contributed by atoms with Gasteiger partial charge in [-0.1, -0.05) is 24.8 Å². The van der Waals surface area contributed by atoms with Crippen LogP contribution in [0.4, 0.5) is 17.1 Å². The number of Topliss-reactive ketones (excluding diaryl/α,β-unsaturated/α-hetero) is 1. The summed E-state index contributed by atoms with van der Waals surface area (Å²) in [5.41, 5.74) is 5.37. The van der Waals surface area contributed by atoms with E-state index in [4.69, 9.17) is 0 Å². The maximum absolute atomic E-state index is 12.1. The maximum Gasteiger partial charge on any atom is 0.270 e. The van der Waals surface area contributed by atoms with Crippen LogP contribution in [-0.4, -0.2) is 47.4 Å². The second-order valence-corrected chi connectivity index (χ2v) is 13.2. The third kappa shape index (κ3) is 5.11. The molecule has 5 aliphatic rings. The van der Waals surface area contributed by atoms with Crippen LogP contribution < -0.4 is 31.6 Å². The Morgan fingerprint density at radius 1 is 0.771 bits per heavy atom. The lowest BCUT2D eigenvalue weighted by molar-refractivity contribution is -0.111. The molecule has 48 heavy (non-hydrogen) atoms. The first kappa shape index (κ1) is 29.7. The van der Waals surface area contributed by atoms with E-state index in [1.165, 1.54) is 18.1 Å². The van der Waals surface area contributed by atoms with Crippen molar-refractivity contribution in [1.29, 1.82) is 0 Å². The molecule has 1 saturated heterocycles. The van der Waals surface area contributed by atoms with E-state index in [1.54, 1.807) is 18.2 Å². The van der Waals surface area contributed by atoms with E-state index >= 15 is 0 Å². The molecule has 0 radical (unpaired) electrons. The number of aromatic nitrogens is 2. The Hall–Kier alpha value is -5.71. The number of carbonyl (C=O) groups excluding carboxylic acids is 3. The summed E-state index contributed by atoms with van der Waals surface area (Å²) in [5.74, 6) is 2.46. The fraction of sp³-hybridized carbons (Fsp3) is 0.270. The lowest BCUT2D eigenvalue weighted by Crippen LogP contribution is -2.36. The summed E-state index contributed by atoms with van der Waals surface area (Å²) in [6.45, 7) is 7.00. The first-order valence-corrected chi connectivity index (χ1v) is 16.2. The number of hydrogen-bond donors (Lipinski definition) is 4. The SMILES string of the molecule is C=CC(=O)Nc1ccc2c(c1)CN(c1ccc3c(c1)C(=O)NCC3=O)C2.O=c1[nH][nH]c(=O)c2cc(N3CC4C5C=CC(C5)C4C3)ccc12. The molecule has 2 amide bonds. The highest BCUT2D eigenvalue weighted by molar-refractivity contribution is 6.14. The average molecular weight is 643 g/mol. The molecule has 4 heterocycles. The van der Waals surface area contributed by atoms with Crippen LogP contribution in [0.15, 0.2) is 89.0 Å². The van der Waals surface area contributed by atoms with Gasteiger partial charge in [-0.05, 0) is 95.8 Å². The summed E-state index contributed by atoms with van der Waals surface area (Å²) in [7, 11) is 0. The molecule has 4 atom stereocenters. The highest BCUT2D eigenvalue weighted by atomic mass is 16.2. The monoisotopic (exact) mass is 642 g/mol. The first-order valence-electron chi connectivity index (χ1n) is 16.2. The summed E-state index contributed by atoms with van der Waals surface area (Å²) in [6, 6.07) is 16.8. The molecule has 2 bridgehead atoms. The van der Waals surface area contributed by atoms with Crippen LogP contribution >= 0.6 is 0 Å². The van der Waals surface area contributed by atoms with Gasteiger partial charge in [-0.15, -0.1) is 0 Å². The van der Waals surface area contributed by atoms with E-state index in [2.05, 4.69) is 49.4 Å². The van der Waals surface area contributed by atoms with Gasteiger partial charge in [0.25, 0.3) is 17.0 Å². The number of nitrogens with one attached hydrogen (secondary N) is 4. The van der Waals surface area contributed by atoms with Crippen molar-refractivity contribution in [2.45, 2.75) is 19.5 Å². The highest BCUT2D eigenvalue weighted by Crippen LogP contribution is 2.52. The van der Waals surface area contributed by atoms with Gasteiger partial charge in [-0.25, -0.2) is 0 Å². The molecule has 242 valence electrons. The van der Waals surface area contributed by atoms with Gasteiger partial charge >= 0.3 is 0 Å². The Morgan fingerprint density at radius 2 is 1.46 bits per heavy atom. The van der Waals surface area contributed by atoms with E-state index in [9.17, 15) is 24.0 Å². The zero-order valence-corrected chi connectivity index (χ0v) is 26.1. The lowest BCUT2D eigenvalue weighted by Gasteiger charge is -2.21. The Balaban J connectivity index is 0.000000142. The van der Waals surface area contributed by atoms with E-state index in [0.29, 0.717) is 35.0 Å². The van der Waals surface area contributed by atoms with E-state index < -0.39 is 0 Å². The van der Waals surface area contributed by atoms with Crippen molar-refractivity contribution in [3.63, 3.8) is 0 Å². The summed E-state index contributed by atoms with van der Waals surface area (Å²) in [4.78, 5) is 63.7. The first-order chi connectivity index (χ1) is 23.2. The van der Waals surface area contributed by atoms with Gasteiger partial charge in [0, 0.05) is 48.8 Å². The van der Waals surface area contributed by atoms with Crippen LogP contribution in [-0.2, 0) is 17.9 Å². The lowest BCUT2D eigenvalue weighted by atomic mass is 9.86. The molecule has 4 aromatic rings. The number of rotatable bonds is 4. The Bertz CT molecular complexity index is 2160. The number of nitrogens with zero attached hydrogens (tertiary/aromatic N) is 2. The predicted molar refractivity (Wildman–Crippen MR) is 183 cm³/mol. The minimum Gasteiger partial charge on any atom is -0.371 e. The minimum absolute atomic E-state index is 0.0551. The number of ketones is 1. The topological polar surface area (TPSA) is 147 Å². The quantitative estimate of drug-likeness (QED) is 0.196. The number of aromatic amines is 2. The third-order valence-electron chi connectivity index (χ3n) is 10.5. The maximum atomic E-state index is 12.1. The van der Waals surface area contributed by atoms with E-state index in [-0.39, 0.29) is 35.3 Å². The molecule has 3 aliphatic heterocycles. The van der Waals surface area contributed by atoms with Gasteiger partial charge in [0.15, 0.2) is 5.78 Å². The molecule has 2 aliphatic carbocycles. The number of hydrogen-bond acceptors (Lipinski definition) is 7. The van der Waals surface area contributed by atoms with Gasteiger partial charge < -0.3 is 20.4 Å². The van der Waals surface area contributed by atoms with Crippen molar-refractivity contribution in [3.05, 3.63) is 122 Å². The number of carbonyl (C=O) groups is 3. The van der Waals surface area contributed by atoms with Crippen molar-refractivity contribution in [1.82, 2.24) is 15.5 Å². The fourth-order valence-corrected chi connectivity index (χ4v) is 8.08. The molecule has 1 saturated carbocycles. The molecule has 4 unspecified atom stereocenters. The Kier molecular flexibility index (Phi) is 7.12. The van der Waals surface area contributed by atoms with Crippen LogP contribution in [0.1, 0.15) is 38.3 Å². The van der Waals surface area contributed by atoms with Crippen molar-refractivity contribution in [2.24, 2.45) is 23.7 Å². The normalized spacial score (nSPS) is 22.9. The summed E-state index contributed by atoms with van der Waals surface area (Å²) < 4.78 is 0. The molecule has 2 fully saturated rings. The van der Waals surface area contributed by atoms with Gasteiger partial charge in [-0.3, -0.25) is 34.2 Å². The number of allylic oxidation sites excluding steroid dienone is 2. The number of benzene rings is 3. The molecular formula is C37H34N6O5. The van der Waals surface area contributed by atoms with Crippen LogP contribution in [0.25, 0.3) is 10.8 Å². The van der Waals surface area contributed by atoms with Gasteiger partial charge in [0.1, 0.15) is 0 Å². The summed E-state index contributed by atoms with van der Waals surface area (Å²) in [5, 5.41) is 11.1. The van der Waals surface area contributed by atoms with Crippen molar-refractivity contribution < 1.29 is 14.4 Å². The summed E-state index contributed by atoms with van der Waals surface area (Å²) in [6.07, 6.45) is 7.34. The van der Waals surface area contributed by atoms with Gasteiger partial charge in [0.05, 0.1) is 22.9 Å². The van der Waals surface area contributed by atoms with E-state index in [0.717, 1.165) is 59.4 Å². The largest absolute Gasteiger partial charge is 0.371 e. The third-order valence-corrected chi connectivity index (χ3v) is 10.5. The van der Waals surface area contributed by atoms with Crippen LogP contribution in [0, 0.1) is 23.7 Å². The fourth-order valence-electron chi connectivity index (χ4n) is 8.08. The second kappa shape index (κ2) is 11.5. The zero-order chi connectivity index (χ0) is 33.1. The molecule has 0 spiro atoms. The van der Waals surface area contributed by atoms with Gasteiger partial charge in [0.2, 0.25) is 5.91 Å². The molecule has 4 N–H and O–H groups in total.